The first-order chi connectivity index (χ1) is 8.33. The van der Waals surface area contributed by atoms with Gasteiger partial charge in [-0.1, -0.05) is 22.0 Å². The van der Waals surface area contributed by atoms with Crippen LogP contribution in [0, 0.1) is 17.3 Å². The second kappa shape index (κ2) is 4.25. The van der Waals surface area contributed by atoms with E-state index in [1.165, 1.54) is 21.1 Å². The smallest absolute Gasteiger partial charge is 0.236 e. The molecule has 1 fully saturated rings. The van der Waals surface area contributed by atoms with Crippen molar-refractivity contribution in [1.29, 1.82) is 0 Å². The summed E-state index contributed by atoms with van der Waals surface area (Å²) in [4.78, 5) is 24.4. The van der Waals surface area contributed by atoms with Gasteiger partial charge in [-0.3, -0.25) is 9.59 Å². The van der Waals surface area contributed by atoms with E-state index in [4.69, 9.17) is 9.47 Å². The summed E-state index contributed by atoms with van der Waals surface area (Å²) in [7, 11) is 2.93. The fourth-order valence-electron chi connectivity index (χ4n) is 3.32. The van der Waals surface area contributed by atoms with Crippen molar-refractivity contribution in [2.75, 3.05) is 14.2 Å². The summed E-state index contributed by atoms with van der Waals surface area (Å²) < 4.78 is 11.6. The van der Waals surface area contributed by atoms with Crippen LogP contribution in [0.2, 0.25) is 0 Å². The zero-order valence-corrected chi connectivity index (χ0v) is 12.5. The highest BCUT2D eigenvalue weighted by atomic mass is 79.9. The van der Waals surface area contributed by atoms with E-state index in [9.17, 15) is 9.59 Å². The van der Waals surface area contributed by atoms with Crippen LogP contribution in [-0.2, 0) is 19.1 Å². The predicted octanol–water partition coefficient (Wildman–Crippen LogP) is 2.07. The van der Waals surface area contributed by atoms with Crippen molar-refractivity contribution >= 4 is 27.5 Å². The highest BCUT2D eigenvalue weighted by Gasteiger charge is 2.65. The molecule has 100 valence electrons. The summed E-state index contributed by atoms with van der Waals surface area (Å²) in [5.41, 5.74) is -0.856. The number of ether oxygens (including phenoxy) is 2. The number of methoxy groups -OCH3 is 2. The van der Waals surface area contributed by atoms with Crippen molar-refractivity contribution in [3.8, 4) is 0 Å². The molecule has 0 spiro atoms. The third-order valence-corrected chi connectivity index (χ3v) is 5.11. The first kappa shape index (κ1) is 13.9. The van der Waals surface area contributed by atoms with Crippen molar-refractivity contribution in [3.05, 3.63) is 10.6 Å². The first-order valence-corrected chi connectivity index (χ1v) is 6.66. The number of rotatable bonds is 3. The zero-order chi connectivity index (χ0) is 13.7. The lowest BCUT2D eigenvalue weighted by atomic mass is 9.55. The van der Waals surface area contributed by atoms with Crippen LogP contribution in [0.15, 0.2) is 10.6 Å². The third-order valence-electron chi connectivity index (χ3n) is 4.33. The van der Waals surface area contributed by atoms with Gasteiger partial charge < -0.3 is 9.47 Å². The van der Waals surface area contributed by atoms with E-state index in [1.807, 2.05) is 6.08 Å². The number of halogens is 1. The Morgan fingerprint density at radius 1 is 1.44 bits per heavy atom. The van der Waals surface area contributed by atoms with Crippen LogP contribution in [0.5, 0.6) is 0 Å². The molecule has 0 aromatic carbocycles. The van der Waals surface area contributed by atoms with Gasteiger partial charge in [0.1, 0.15) is 5.78 Å². The van der Waals surface area contributed by atoms with Crippen molar-refractivity contribution < 1.29 is 19.1 Å². The van der Waals surface area contributed by atoms with E-state index in [-0.39, 0.29) is 23.4 Å². The van der Waals surface area contributed by atoms with Gasteiger partial charge >= 0.3 is 0 Å². The van der Waals surface area contributed by atoms with E-state index in [2.05, 4.69) is 15.9 Å². The van der Waals surface area contributed by atoms with Gasteiger partial charge in [-0.2, -0.15) is 0 Å². The van der Waals surface area contributed by atoms with Gasteiger partial charge in [0.15, 0.2) is 0 Å². The number of fused-ring (bicyclic) bond motifs is 2. The van der Waals surface area contributed by atoms with Crippen LogP contribution in [0.3, 0.4) is 0 Å². The van der Waals surface area contributed by atoms with E-state index in [0.29, 0.717) is 6.42 Å². The second-order valence-electron chi connectivity index (χ2n) is 5.17. The summed E-state index contributed by atoms with van der Waals surface area (Å²) in [6.45, 7) is 3.32. The maximum Gasteiger partial charge on any atom is 0.236 e. The summed E-state index contributed by atoms with van der Waals surface area (Å²) >= 11 is 3.48. The predicted molar refractivity (Wildman–Crippen MR) is 69.2 cm³/mol. The van der Waals surface area contributed by atoms with Gasteiger partial charge in [0.25, 0.3) is 0 Å². The third kappa shape index (κ3) is 1.50. The Labute approximate surface area is 115 Å². The Morgan fingerprint density at radius 3 is 2.44 bits per heavy atom. The molecule has 3 aliphatic carbocycles. The van der Waals surface area contributed by atoms with Crippen molar-refractivity contribution in [2.45, 2.75) is 26.1 Å². The Bertz CT molecular complexity index is 438. The minimum atomic E-state index is -1.27. The molecule has 5 heteroatoms. The average molecular weight is 317 g/mol. The standard InChI is InChI=1S/C13H17BrO4/c1-7(15)8-5-9-10(14)6-12(8,2)11(16)13(9,17-3)18-4/h6,8-9H,5H2,1-4H3/t8-,9+,12-/m1/s1. The van der Waals surface area contributed by atoms with Crippen LogP contribution in [0.4, 0.5) is 0 Å². The molecule has 0 aromatic heterocycles. The molecule has 1 saturated carbocycles. The Kier molecular flexibility index (Phi) is 3.28. The van der Waals surface area contributed by atoms with E-state index < -0.39 is 11.2 Å². The fraction of sp³-hybridized carbons (Fsp3) is 0.692. The molecule has 0 N–H and O–H groups in total. The van der Waals surface area contributed by atoms with Crippen molar-refractivity contribution in [1.82, 2.24) is 0 Å². The van der Waals surface area contributed by atoms with E-state index >= 15 is 0 Å². The number of carbonyl (C=O) groups is 2. The van der Waals surface area contributed by atoms with Gasteiger partial charge in [-0.25, -0.2) is 0 Å². The number of carbonyl (C=O) groups excluding carboxylic acids is 2. The number of hydrogen-bond acceptors (Lipinski definition) is 4. The van der Waals surface area contributed by atoms with Crippen LogP contribution in [-0.4, -0.2) is 31.6 Å². The average Bonchev–Trinajstić information content (AvgIpc) is 2.31. The Hall–Kier alpha value is -0.520. The molecule has 2 bridgehead atoms. The van der Waals surface area contributed by atoms with E-state index in [1.54, 1.807) is 6.92 Å². The molecule has 0 amide bonds. The molecule has 3 aliphatic rings. The lowest BCUT2D eigenvalue weighted by Crippen LogP contribution is -2.65. The minimum Gasteiger partial charge on any atom is -0.346 e. The molecule has 4 nitrogen and oxygen atoms in total. The molecule has 3 rings (SSSR count). The molecular weight excluding hydrogens is 300 g/mol. The summed E-state index contributed by atoms with van der Waals surface area (Å²) in [5.74, 6) is -1.95. The fourth-order valence-corrected chi connectivity index (χ4v) is 4.28. The van der Waals surface area contributed by atoms with Gasteiger partial charge in [-0.15, -0.1) is 0 Å². The Morgan fingerprint density at radius 2 is 2.00 bits per heavy atom. The van der Waals surface area contributed by atoms with Crippen molar-refractivity contribution in [3.63, 3.8) is 0 Å². The summed E-state index contributed by atoms with van der Waals surface area (Å²) in [6, 6.07) is 0. The van der Waals surface area contributed by atoms with Gasteiger partial charge in [0, 0.05) is 24.6 Å². The summed E-state index contributed by atoms with van der Waals surface area (Å²) in [5, 5.41) is 0. The number of ketones is 2. The lowest BCUT2D eigenvalue weighted by molar-refractivity contribution is -0.246. The molecule has 0 radical (unpaired) electrons. The van der Waals surface area contributed by atoms with Crippen molar-refractivity contribution in [2.24, 2.45) is 17.3 Å². The number of Topliss-reactive ketones (excluding diaryl/α,β-unsaturated/α-hetero) is 2. The molecule has 0 saturated heterocycles. The molecule has 0 aliphatic heterocycles. The molecule has 0 aromatic rings. The van der Waals surface area contributed by atoms with Gasteiger partial charge in [-0.05, 0) is 20.3 Å². The summed E-state index contributed by atoms with van der Waals surface area (Å²) in [6.07, 6.45) is 2.40. The number of hydrogen-bond donors (Lipinski definition) is 0. The highest BCUT2D eigenvalue weighted by molar-refractivity contribution is 9.11. The largest absolute Gasteiger partial charge is 0.346 e. The number of allylic oxidation sites excluding steroid dienone is 1. The highest BCUT2D eigenvalue weighted by Crippen LogP contribution is 2.57. The topological polar surface area (TPSA) is 52.6 Å². The monoisotopic (exact) mass is 316 g/mol. The van der Waals surface area contributed by atoms with Crippen LogP contribution >= 0.6 is 15.9 Å². The lowest BCUT2D eigenvalue weighted by Gasteiger charge is -2.53. The maximum absolute atomic E-state index is 12.7. The second-order valence-corrected chi connectivity index (χ2v) is 6.08. The van der Waals surface area contributed by atoms with Crippen LogP contribution < -0.4 is 0 Å². The molecule has 0 heterocycles. The maximum atomic E-state index is 12.7. The zero-order valence-electron chi connectivity index (χ0n) is 11.0. The molecule has 0 unspecified atom stereocenters. The van der Waals surface area contributed by atoms with Crippen LogP contribution in [0.25, 0.3) is 0 Å². The minimum absolute atomic E-state index is 0.0351. The molecular formula is C13H17BrO4. The van der Waals surface area contributed by atoms with Gasteiger partial charge in [0.05, 0.1) is 11.3 Å². The first-order valence-electron chi connectivity index (χ1n) is 5.87. The SMILES string of the molecule is COC1(OC)C(=O)[C@]2(C)C=C(Br)[C@@H]1C[C@@H]2C(C)=O. The van der Waals surface area contributed by atoms with E-state index in [0.717, 1.165) is 4.48 Å². The molecule has 18 heavy (non-hydrogen) atoms. The van der Waals surface area contributed by atoms with Crippen LogP contribution in [0.1, 0.15) is 20.3 Å². The molecule has 3 atom stereocenters. The van der Waals surface area contributed by atoms with Gasteiger partial charge in [0.2, 0.25) is 11.6 Å². The normalized spacial score (nSPS) is 37.6. The Balaban J connectivity index is 2.59. The quantitative estimate of drug-likeness (QED) is 0.748.